The molecule has 25 heavy (non-hydrogen) atoms. The van der Waals surface area contributed by atoms with Gasteiger partial charge in [-0.1, -0.05) is 17.2 Å². The Morgan fingerprint density at radius 1 is 1.12 bits per heavy atom. The fourth-order valence-electron chi connectivity index (χ4n) is 2.01. The molecule has 0 bridgehead atoms. The van der Waals surface area contributed by atoms with Crippen molar-refractivity contribution in [3.8, 4) is 11.7 Å². The smallest absolute Gasteiger partial charge is 0.322 e. The number of nitrogens with zero attached hydrogens (tertiary/aromatic N) is 2. The SMILES string of the molecule is CS(=O)(=O)c1ccc(CC(=O)Nc2nnc(-c3ccc(Br)o3)o2)cc1. The fourth-order valence-corrected chi connectivity index (χ4v) is 2.94. The largest absolute Gasteiger partial charge is 0.444 e. The van der Waals surface area contributed by atoms with E-state index in [1.807, 2.05) is 0 Å². The number of furan rings is 1. The molecule has 1 aromatic carbocycles. The maximum absolute atomic E-state index is 12.0. The lowest BCUT2D eigenvalue weighted by Gasteiger charge is -2.03. The van der Waals surface area contributed by atoms with Crippen molar-refractivity contribution in [3.63, 3.8) is 0 Å². The zero-order valence-corrected chi connectivity index (χ0v) is 15.3. The summed E-state index contributed by atoms with van der Waals surface area (Å²) < 4.78 is 33.9. The molecule has 0 saturated carbocycles. The molecule has 1 amide bonds. The van der Waals surface area contributed by atoms with Gasteiger partial charge in [0.2, 0.25) is 5.91 Å². The van der Waals surface area contributed by atoms with Crippen LogP contribution in [-0.2, 0) is 21.1 Å². The molecule has 10 heteroatoms. The summed E-state index contributed by atoms with van der Waals surface area (Å²) in [6.45, 7) is 0. The molecular formula is C15H12BrN3O5S. The summed E-state index contributed by atoms with van der Waals surface area (Å²) in [5.74, 6) is 0.137. The zero-order chi connectivity index (χ0) is 18.0. The fraction of sp³-hybridized carbons (Fsp3) is 0.133. The van der Waals surface area contributed by atoms with Crippen LogP contribution in [0.4, 0.5) is 6.01 Å². The average Bonchev–Trinajstić information content (AvgIpc) is 3.15. The molecule has 0 aliphatic rings. The van der Waals surface area contributed by atoms with Gasteiger partial charge in [0, 0.05) is 6.26 Å². The second-order valence-electron chi connectivity index (χ2n) is 5.16. The van der Waals surface area contributed by atoms with Gasteiger partial charge in [-0.05, 0) is 45.8 Å². The van der Waals surface area contributed by atoms with E-state index in [1.54, 1.807) is 24.3 Å². The molecule has 0 aliphatic carbocycles. The Morgan fingerprint density at radius 2 is 1.84 bits per heavy atom. The molecule has 0 radical (unpaired) electrons. The van der Waals surface area contributed by atoms with Gasteiger partial charge in [-0.15, -0.1) is 5.10 Å². The van der Waals surface area contributed by atoms with Gasteiger partial charge >= 0.3 is 6.01 Å². The minimum Gasteiger partial charge on any atom is -0.444 e. The predicted octanol–water partition coefficient (Wildman–Crippen LogP) is 2.68. The van der Waals surface area contributed by atoms with Crippen LogP contribution in [0.15, 0.2) is 54.8 Å². The van der Waals surface area contributed by atoms with Gasteiger partial charge in [0.1, 0.15) is 0 Å². The number of nitrogens with one attached hydrogen (secondary N) is 1. The second kappa shape index (κ2) is 6.81. The van der Waals surface area contributed by atoms with E-state index < -0.39 is 9.84 Å². The van der Waals surface area contributed by atoms with E-state index in [2.05, 4.69) is 31.4 Å². The van der Waals surface area contributed by atoms with Crippen molar-refractivity contribution in [1.29, 1.82) is 0 Å². The maximum atomic E-state index is 12.0. The lowest BCUT2D eigenvalue weighted by atomic mass is 10.1. The summed E-state index contributed by atoms with van der Waals surface area (Å²) in [6, 6.07) is 9.34. The van der Waals surface area contributed by atoms with Gasteiger partial charge in [-0.25, -0.2) is 8.42 Å². The third-order valence-electron chi connectivity index (χ3n) is 3.17. The van der Waals surface area contributed by atoms with Gasteiger partial charge in [-0.3, -0.25) is 10.1 Å². The standard InChI is InChI=1S/C15H12BrN3O5S/c1-25(21,22)10-4-2-9(3-5-10)8-13(20)17-15-19-18-14(24-15)11-6-7-12(16)23-11/h2-7H,8H2,1H3,(H,17,19,20). The number of sulfone groups is 1. The third kappa shape index (κ3) is 4.34. The number of benzene rings is 1. The summed E-state index contributed by atoms with van der Waals surface area (Å²) in [6.07, 6.45) is 1.16. The highest BCUT2D eigenvalue weighted by Gasteiger charge is 2.14. The molecule has 2 aromatic heterocycles. The van der Waals surface area contributed by atoms with E-state index in [4.69, 9.17) is 8.83 Å². The topological polar surface area (TPSA) is 115 Å². The molecule has 3 aromatic rings. The first-order valence-corrected chi connectivity index (χ1v) is 9.68. The number of anilines is 1. The minimum absolute atomic E-state index is 0.0358. The highest BCUT2D eigenvalue weighted by Crippen LogP contribution is 2.24. The molecule has 8 nitrogen and oxygen atoms in total. The minimum atomic E-state index is -3.26. The second-order valence-corrected chi connectivity index (χ2v) is 7.95. The Hall–Kier alpha value is -2.46. The Kier molecular flexibility index (Phi) is 4.73. The lowest BCUT2D eigenvalue weighted by Crippen LogP contribution is -2.14. The molecule has 0 fully saturated rings. The molecule has 1 N–H and O–H groups in total. The molecule has 0 saturated heterocycles. The van der Waals surface area contributed by atoms with Crippen molar-refractivity contribution in [1.82, 2.24) is 10.2 Å². The molecule has 0 spiro atoms. The number of carbonyl (C=O) groups is 1. The van der Waals surface area contributed by atoms with Crippen molar-refractivity contribution < 1.29 is 22.0 Å². The highest BCUT2D eigenvalue weighted by molar-refractivity contribution is 9.10. The Balaban J connectivity index is 1.64. The monoisotopic (exact) mass is 425 g/mol. The van der Waals surface area contributed by atoms with Crippen LogP contribution in [0, 0.1) is 0 Å². The molecule has 0 aliphatic heterocycles. The molecule has 0 atom stereocenters. The quantitative estimate of drug-likeness (QED) is 0.667. The first kappa shape index (κ1) is 17.4. The number of halogens is 1. The number of amides is 1. The molecule has 0 unspecified atom stereocenters. The van der Waals surface area contributed by atoms with Crippen molar-refractivity contribution in [3.05, 3.63) is 46.6 Å². The summed E-state index contributed by atoms with van der Waals surface area (Å²) in [4.78, 5) is 12.2. The third-order valence-corrected chi connectivity index (χ3v) is 4.73. The number of hydrogen-bond donors (Lipinski definition) is 1. The normalized spacial score (nSPS) is 11.4. The highest BCUT2D eigenvalue weighted by atomic mass is 79.9. The van der Waals surface area contributed by atoms with Gasteiger partial charge in [0.05, 0.1) is 11.3 Å². The number of aromatic nitrogens is 2. The summed E-state index contributed by atoms with van der Waals surface area (Å²) >= 11 is 3.17. The molecule has 2 heterocycles. The van der Waals surface area contributed by atoms with E-state index in [9.17, 15) is 13.2 Å². The lowest BCUT2D eigenvalue weighted by molar-refractivity contribution is -0.115. The number of carbonyl (C=O) groups excluding carboxylic acids is 1. The summed E-state index contributed by atoms with van der Waals surface area (Å²) in [7, 11) is -3.26. The first-order valence-electron chi connectivity index (χ1n) is 6.99. The van der Waals surface area contributed by atoms with E-state index in [-0.39, 0.29) is 29.1 Å². The summed E-state index contributed by atoms with van der Waals surface area (Å²) in [5, 5.41) is 9.99. The van der Waals surface area contributed by atoms with Gasteiger partial charge in [0.15, 0.2) is 20.3 Å². The van der Waals surface area contributed by atoms with E-state index in [0.29, 0.717) is 16.0 Å². The predicted molar refractivity (Wildman–Crippen MR) is 91.6 cm³/mol. The van der Waals surface area contributed by atoms with Crippen molar-refractivity contribution in [2.75, 3.05) is 11.6 Å². The Morgan fingerprint density at radius 3 is 2.44 bits per heavy atom. The van der Waals surface area contributed by atoms with Crippen LogP contribution >= 0.6 is 15.9 Å². The van der Waals surface area contributed by atoms with Crippen LogP contribution in [0.1, 0.15) is 5.56 Å². The number of hydrogen-bond acceptors (Lipinski definition) is 7. The van der Waals surface area contributed by atoms with Crippen molar-refractivity contribution in [2.45, 2.75) is 11.3 Å². The van der Waals surface area contributed by atoms with Crippen molar-refractivity contribution in [2.24, 2.45) is 0 Å². The van der Waals surface area contributed by atoms with Crippen molar-refractivity contribution >= 4 is 37.7 Å². The zero-order valence-electron chi connectivity index (χ0n) is 12.9. The van der Waals surface area contributed by atoms with E-state index in [1.165, 1.54) is 12.1 Å². The van der Waals surface area contributed by atoms with Crippen LogP contribution in [0.25, 0.3) is 11.7 Å². The van der Waals surface area contributed by atoms with Crippen LogP contribution in [0.2, 0.25) is 0 Å². The van der Waals surface area contributed by atoms with Gasteiger partial charge < -0.3 is 8.83 Å². The van der Waals surface area contributed by atoms with Crippen LogP contribution in [0.5, 0.6) is 0 Å². The van der Waals surface area contributed by atoms with E-state index in [0.717, 1.165) is 6.26 Å². The molecule has 130 valence electrons. The van der Waals surface area contributed by atoms with Crippen LogP contribution in [0.3, 0.4) is 0 Å². The Labute approximate surface area is 151 Å². The maximum Gasteiger partial charge on any atom is 0.322 e. The van der Waals surface area contributed by atoms with Crippen LogP contribution < -0.4 is 5.32 Å². The summed E-state index contributed by atoms with van der Waals surface area (Å²) in [5.41, 5.74) is 0.652. The Bertz CT molecular complexity index is 1010. The van der Waals surface area contributed by atoms with Crippen LogP contribution in [-0.4, -0.2) is 30.8 Å². The van der Waals surface area contributed by atoms with Gasteiger partial charge in [0.25, 0.3) is 5.89 Å². The molecular weight excluding hydrogens is 414 g/mol. The number of rotatable bonds is 5. The van der Waals surface area contributed by atoms with E-state index >= 15 is 0 Å². The van der Waals surface area contributed by atoms with Gasteiger partial charge in [-0.2, -0.15) is 0 Å². The molecule has 3 rings (SSSR count). The first-order chi connectivity index (χ1) is 11.8. The average molecular weight is 426 g/mol.